The van der Waals surface area contributed by atoms with Gasteiger partial charge in [0.1, 0.15) is 5.75 Å². The number of anilines is 1. The third kappa shape index (κ3) is 2.26. The molecule has 0 heterocycles. The van der Waals surface area contributed by atoms with Crippen LogP contribution in [0.25, 0.3) is 0 Å². The van der Waals surface area contributed by atoms with Crippen LogP contribution in [0.5, 0.6) is 5.75 Å². The van der Waals surface area contributed by atoms with E-state index in [9.17, 15) is 0 Å². The number of nitrogen functional groups attached to an aromatic ring is 1. The third-order valence-corrected chi connectivity index (χ3v) is 0.937. The van der Waals surface area contributed by atoms with Gasteiger partial charge in [0, 0.05) is 0 Å². The fourth-order valence-electron chi connectivity index (χ4n) is 0.488. The molecule has 0 aliphatic carbocycles. The topological polar surface area (TPSA) is 46.2 Å². The Morgan fingerprint density at radius 1 is 1.22 bits per heavy atom. The van der Waals surface area contributed by atoms with Crippen LogP contribution in [0.3, 0.4) is 0 Å². The molecule has 1 aromatic rings. The number of hydrogen-bond donors (Lipinski definition) is 2. The van der Waals surface area contributed by atoms with E-state index in [-0.39, 0.29) is 35.3 Å². The van der Waals surface area contributed by atoms with Crippen LogP contribution in [0, 0.1) is 0 Å². The second-order valence-corrected chi connectivity index (χ2v) is 1.56. The summed E-state index contributed by atoms with van der Waals surface area (Å²) in [5, 5.41) is 8.79. The number of hydrogen-bond acceptors (Lipinski definition) is 2. The van der Waals surface area contributed by atoms with E-state index in [1.807, 2.05) is 0 Å². The Morgan fingerprint density at radius 3 is 2.11 bits per heavy atom. The summed E-state index contributed by atoms with van der Waals surface area (Å²) in [7, 11) is 0. The molecule has 0 bridgehead atoms. The van der Waals surface area contributed by atoms with Gasteiger partial charge < -0.3 is 10.8 Å². The van der Waals surface area contributed by atoms with Crippen molar-refractivity contribution in [1.82, 2.24) is 0 Å². The first kappa shape index (κ1) is 8.82. The van der Waals surface area contributed by atoms with E-state index in [1.165, 1.54) is 0 Å². The van der Waals surface area contributed by atoms with Crippen molar-refractivity contribution >= 4 is 5.69 Å². The normalized spacial score (nSPS) is 8.00. The first-order valence-corrected chi connectivity index (χ1v) is 2.34. The average Bonchev–Trinajstić information content (AvgIpc) is 1.77. The number of rotatable bonds is 0. The van der Waals surface area contributed by atoms with Gasteiger partial charge in [0.25, 0.3) is 0 Å². The van der Waals surface area contributed by atoms with Crippen molar-refractivity contribution in [3.05, 3.63) is 24.3 Å². The molecule has 0 amide bonds. The molecule has 3 heteroatoms. The molecule has 0 unspecified atom stereocenters. The zero-order valence-corrected chi connectivity index (χ0v) is 7.33. The first-order valence-electron chi connectivity index (χ1n) is 2.34. The molecule has 3 N–H and O–H groups in total. The summed E-state index contributed by atoms with van der Waals surface area (Å²) in [6, 6.07) is 6.70. The van der Waals surface area contributed by atoms with Crippen LogP contribution in [0.4, 0.5) is 5.69 Å². The molecule has 0 spiro atoms. The molecule has 0 saturated carbocycles. The molecular formula is C6H7NNaO+. The van der Waals surface area contributed by atoms with Gasteiger partial charge >= 0.3 is 29.6 Å². The molecule has 0 atom stereocenters. The van der Waals surface area contributed by atoms with Crippen LogP contribution in [0.2, 0.25) is 0 Å². The maximum Gasteiger partial charge on any atom is 1.00 e. The van der Waals surface area contributed by atoms with Crippen LogP contribution >= 0.6 is 0 Å². The number of phenols is 1. The van der Waals surface area contributed by atoms with E-state index in [0.29, 0.717) is 5.69 Å². The number of benzene rings is 1. The Labute approximate surface area is 76.0 Å². The second kappa shape index (κ2) is 3.77. The van der Waals surface area contributed by atoms with Gasteiger partial charge in [-0.1, -0.05) is 12.1 Å². The van der Waals surface area contributed by atoms with E-state index < -0.39 is 0 Å². The van der Waals surface area contributed by atoms with Crippen molar-refractivity contribution in [3.8, 4) is 5.75 Å². The molecule has 1 rings (SSSR count). The minimum atomic E-state index is 0. The molecule has 9 heavy (non-hydrogen) atoms. The molecule has 1 aromatic carbocycles. The van der Waals surface area contributed by atoms with E-state index in [4.69, 9.17) is 10.8 Å². The average molecular weight is 132 g/mol. The summed E-state index contributed by atoms with van der Waals surface area (Å²) < 4.78 is 0. The SMILES string of the molecule is Nc1ccccc1O.[Na+]. The number of aromatic hydroxyl groups is 1. The molecule has 0 aromatic heterocycles. The van der Waals surface area contributed by atoms with Gasteiger partial charge in [-0.25, -0.2) is 0 Å². The van der Waals surface area contributed by atoms with Crippen molar-refractivity contribution in [2.45, 2.75) is 0 Å². The Morgan fingerprint density at radius 2 is 1.78 bits per heavy atom. The van der Waals surface area contributed by atoms with Gasteiger partial charge in [0.15, 0.2) is 0 Å². The largest absolute Gasteiger partial charge is 1.00 e. The standard InChI is InChI=1S/C6H7NO.Na/c7-5-3-1-2-4-6(5)8;/h1-4,8H,7H2;/q;+1. The Kier molecular flexibility index (Phi) is 3.70. The van der Waals surface area contributed by atoms with Crippen LogP contribution in [0.1, 0.15) is 0 Å². The second-order valence-electron chi connectivity index (χ2n) is 1.56. The van der Waals surface area contributed by atoms with Gasteiger partial charge in [-0.3, -0.25) is 0 Å². The van der Waals surface area contributed by atoms with Crippen molar-refractivity contribution < 1.29 is 34.7 Å². The first-order chi connectivity index (χ1) is 3.80. The van der Waals surface area contributed by atoms with E-state index in [2.05, 4.69) is 0 Å². The third-order valence-electron chi connectivity index (χ3n) is 0.937. The zero-order chi connectivity index (χ0) is 5.98. The Hall–Kier alpha value is -0.180. The molecule has 0 radical (unpaired) electrons. The molecule has 0 saturated heterocycles. The molecule has 2 nitrogen and oxygen atoms in total. The van der Waals surface area contributed by atoms with E-state index >= 15 is 0 Å². The maximum atomic E-state index is 8.79. The van der Waals surface area contributed by atoms with Gasteiger partial charge in [0.05, 0.1) is 5.69 Å². The molecular weight excluding hydrogens is 125 g/mol. The van der Waals surface area contributed by atoms with Crippen LogP contribution < -0.4 is 35.3 Å². The summed E-state index contributed by atoms with van der Waals surface area (Å²) in [5.74, 6) is 0.146. The smallest absolute Gasteiger partial charge is 0.506 e. The van der Waals surface area contributed by atoms with Gasteiger partial charge in [-0.2, -0.15) is 0 Å². The molecule has 0 aliphatic heterocycles. The molecule has 0 fully saturated rings. The number of nitrogens with two attached hydrogens (primary N) is 1. The zero-order valence-electron chi connectivity index (χ0n) is 5.33. The van der Waals surface area contributed by atoms with Crippen LogP contribution in [-0.2, 0) is 0 Å². The van der Waals surface area contributed by atoms with Crippen LogP contribution in [-0.4, -0.2) is 5.11 Å². The Bertz CT molecular complexity index is 169. The summed E-state index contributed by atoms with van der Waals surface area (Å²) in [4.78, 5) is 0. The Balaban J connectivity index is 0.000000640. The predicted molar refractivity (Wildman–Crippen MR) is 32.5 cm³/mol. The minimum absolute atomic E-state index is 0. The monoisotopic (exact) mass is 132 g/mol. The van der Waals surface area contributed by atoms with E-state index in [0.717, 1.165) is 0 Å². The summed E-state index contributed by atoms with van der Waals surface area (Å²) in [6.45, 7) is 0. The minimum Gasteiger partial charge on any atom is -0.506 e. The van der Waals surface area contributed by atoms with Crippen molar-refractivity contribution in [1.29, 1.82) is 0 Å². The maximum absolute atomic E-state index is 8.79. The quantitative estimate of drug-likeness (QED) is 0.243. The van der Waals surface area contributed by atoms with Crippen LogP contribution in [0.15, 0.2) is 24.3 Å². The number of para-hydroxylation sites is 2. The van der Waals surface area contributed by atoms with Gasteiger partial charge in [-0.15, -0.1) is 0 Å². The summed E-state index contributed by atoms with van der Waals surface area (Å²) >= 11 is 0. The van der Waals surface area contributed by atoms with Gasteiger partial charge in [0.2, 0.25) is 0 Å². The van der Waals surface area contributed by atoms with Crippen molar-refractivity contribution in [2.24, 2.45) is 0 Å². The van der Waals surface area contributed by atoms with E-state index in [1.54, 1.807) is 24.3 Å². The summed E-state index contributed by atoms with van der Waals surface area (Å²) in [5.41, 5.74) is 5.69. The fourth-order valence-corrected chi connectivity index (χ4v) is 0.488. The predicted octanol–water partition coefficient (Wildman–Crippen LogP) is -2.02. The molecule has 0 aliphatic rings. The molecule has 42 valence electrons. The van der Waals surface area contributed by atoms with Crippen molar-refractivity contribution in [2.75, 3.05) is 5.73 Å². The summed E-state index contributed by atoms with van der Waals surface area (Å²) in [6.07, 6.45) is 0. The fraction of sp³-hybridized carbons (Fsp3) is 0. The number of phenolic OH excluding ortho intramolecular Hbond substituents is 1. The van der Waals surface area contributed by atoms with Crippen molar-refractivity contribution in [3.63, 3.8) is 0 Å². The van der Waals surface area contributed by atoms with Gasteiger partial charge in [-0.05, 0) is 12.1 Å².